The highest BCUT2D eigenvalue weighted by molar-refractivity contribution is 7.87. The van der Waals surface area contributed by atoms with Crippen LogP contribution in [0, 0.1) is 23.3 Å². The zero-order valence-corrected chi connectivity index (χ0v) is 35.9. The molecule has 0 saturated carbocycles. The van der Waals surface area contributed by atoms with Crippen molar-refractivity contribution in [3.63, 3.8) is 0 Å². The standard InChI is InChI=1S/C50H39F4NO4P2/c1-49(2,3)28-7-13-39-37(19-28)38-20-29(50(4,5)6)8-14-40(38)55(39)34-25-35(60(56)45-21-30(51)9-15-41(45)58-42-16-10-31(52)22-46(42)60)27-36(26-34)61(57)47-23-32(53)11-17-43(47)59-44-18-12-33(54)24-48(44)61/h7-27H,1-6H3. The maximum absolute atomic E-state index is 16.4. The van der Waals surface area contributed by atoms with E-state index >= 15 is 26.7 Å². The van der Waals surface area contributed by atoms with Gasteiger partial charge in [0.25, 0.3) is 0 Å². The van der Waals surface area contributed by atoms with Gasteiger partial charge in [-0.15, -0.1) is 0 Å². The average Bonchev–Trinajstić information content (AvgIpc) is 3.54. The molecule has 2 aliphatic heterocycles. The van der Waals surface area contributed by atoms with Gasteiger partial charge in [-0.2, -0.15) is 0 Å². The van der Waals surface area contributed by atoms with Gasteiger partial charge in [0.1, 0.15) is 46.3 Å². The molecule has 1 aromatic heterocycles. The smallest absolute Gasteiger partial charge is 0.178 e. The van der Waals surface area contributed by atoms with Gasteiger partial charge in [0, 0.05) is 27.1 Å². The Balaban J connectivity index is 1.38. The fraction of sp³-hybridized carbons (Fsp3) is 0.160. The summed E-state index contributed by atoms with van der Waals surface area (Å²) in [6.07, 6.45) is 0. The van der Waals surface area contributed by atoms with Gasteiger partial charge in [-0.05, 0) is 137 Å². The van der Waals surface area contributed by atoms with E-state index < -0.39 is 37.6 Å². The number of fused-ring (bicyclic) bond motifs is 7. The van der Waals surface area contributed by atoms with E-state index in [0.29, 0.717) is 5.69 Å². The number of ether oxygens (including phenoxy) is 2. The Bertz CT molecular complexity index is 2980. The van der Waals surface area contributed by atoms with Crippen LogP contribution in [0.15, 0.2) is 127 Å². The van der Waals surface area contributed by atoms with Crippen molar-refractivity contribution >= 4 is 67.9 Å². The van der Waals surface area contributed by atoms with E-state index in [-0.39, 0.29) is 65.7 Å². The third kappa shape index (κ3) is 6.03. The molecule has 3 heterocycles. The first-order valence-electron chi connectivity index (χ1n) is 19.9. The van der Waals surface area contributed by atoms with Gasteiger partial charge in [0.15, 0.2) is 14.3 Å². The van der Waals surface area contributed by atoms with Crippen LogP contribution in [-0.4, -0.2) is 4.57 Å². The van der Waals surface area contributed by atoms with Gasteiger partial charge < -0.3 is 23.2 Å². The maximum Gasteiger partial charge on any atom is 0.178 e. The average molecular weight is 856 g/mol. The fourth-order valence-corrected chi connectivity index (χ4v) is 14.6. The van der Waals surface area contributed by atoms with Crippen LogP contribution in [0.25, 0.3) is 27.5 Å². The summed E-state index contributed by atoms with van der Waals surface area (Å²) >= 11 is 0. The van der Waals surface area contributed by atoms with E-state index in [2.05, 4.69) is 65.8 Å². The molecule has 0 saturated heterocycles. The molecule has 7 aromatic carbocycles. The van der Waals surface area contributed by atoms with E-state index in [9.17, 15) is 0 Å². The quantitative estimate of drug-likeness (QED) is 0.131. The lowest BCUT2D eigenvalue weighted by Gasteiger charge is -2.32. The highest BCUT2D eigenvalue weighted by Gasteiger charge is 2.44. The van der Waals surface area contributed by atoms with Crippen LogP contribution in [0.3, 0.4) is 0 Å². The predicted octanol–water partition coefficient (Wildman–Crippen LogP) is 11.4. The van der Waals surface area contributed by atoms with Gasteiger partial charge in [-0.1, -0.05) is 53.7 Å². The Morgan fingerprint density at radius 1 is 0.426 bits per heavy atom. The predicted molar refractivity (Wildman–Crippen MR) is 237 cm³/mol. The Kier molecular flexibility index (Phi) is 8.57. The minimum Gasteiger partial charge on any atom is -0.456 e. The maximum atomic E-state index is 16.4. The highest BCUT2D eigenvalue weighted by atomic mass is 31.2. The van der Waals surface area contributed by atoms with Crippen molar-refractivity contribution in [2.45, 2.75) is 52.4 Å². The molecule has 0 atom stereocenters. The van der Waals surface area contributed by atoms with E-state index in [4.69, 9.17) is 9.47 Å². The monoisotopic (exact) mass is 855 g/mol. The van der Waals surface area contributed by atoms with Crippen LogP contribution in [-0.2, 0) is 20.0 Å². The van der Waals surface area contributed by atoms with Crippen LogP contribution in [0.2, 0.25) is 0 Å². The number of nitrogens with zero attached hydrogens (tertiary/aromatic N) is 1. The Labute approximate surface area is 350 Å². The molecule has 0 amide bonds. The second kappa shape index (κ2) is 13.3. The minimum atomic E-state index is -4.32. The molecule has 5 nitrogen and oxygen atoms in total. The van der Waals surface area contributed by atoms with E-state index in [1.807, 2.05) is 16.7 Å². The number of hydrogen-bond donors (Lipinski definition) is 0. The molecule has 61 heavy (non-hydrogen) atoms. The summed E-state index contributed by atoms with van der Waals surface area (Å²) < 4.78 is 108. The summed E-state index contributed by atoms with van der Waals surface area (Å²) in [7, 11) is -8.65. The summed E-state index contributed by atoms with van der Waals surface area (Å²) in [6.45, 7) is 12.9. The van der Waals surface area contributed by atoms with Crippen molar-refractivity contribution in [2.75, 3.05) is 0 Å². The molecule has 0 unspecified atom stereocenters. The molecular weight excluding hydrogens is 816 g/mol. The first-order chi connectivity index (χ1) is 28.8. The summed E-state index contributed by atoms with van der Waals surface area (Å²) in [5.41, 5.74) is 3.78. The number of benzene rings is 7. The first kappa shape index (κ1) is 39.3. The topological polar surface area (TPSA) is 57.5 Å². The third-order valence-corrected chi connectivity index (χ3v) is 17.9. The van der Waals surface area contributed by atoms with Crippen LogP contribution in [0.4, 0.5) is 17.6 Å². The van der Waals surface area contributed by atoms with Gasteiger partial charge in [0.05, 0.1) is 32.3 Å². The molecule has 11 heteroatoms. The Hall–Kier alpha value is -5.88. The minimum absolute atomic E-state index is 0.0243. The molecule has 0 aliphatic carbocycles. The van der Waals surface area contributed by atoms with Crippen LogP contribution in [0.1, 0.15) is 52.7 Å². The lowest BCUT2D eigenvalue weighted by molar-refractivity contribution is 0.481. The summed E-state index contributed by atoms with van der Waals surface area (Å²) in [6, 6.07) is 32.1. The van der Waals surface area contributed by atoms with E-state index in [1.165, 1.54) is 54.6 Å². The molecule has 306 valence electrons. The molecular formula is C50H39F4NO4P2. The number of aromatic nitrogens is 1. The lowest BCUT2D eigenvalue weighted by Crippen LogP contribution is -2.35. The van der Waals surface area contributed by atoms with Crippen molar-refractivity contribution < 1.29 is 36.2 Å². The number of hydrogen-bond acceptors (Lipinski definition) is 4. The van der Waals surface area contributed by atoms with Crippen LogP contribution in [0.5, 0.6) is 23.0 Å². The molecule has 0 fully saturated rings. The molecule has 2 aliphatic rings. The Morgan fingerprint density at radius 2 is 0.754 bits per heavy atom. The largest absolute Gasteiger partial charge is 0.456 e. The molecule has 0 spiro atoms. The molecule has 0 radical (unpaired) electrons. The van der Waals surface area contributed by atoms with Crippen molar-refractivity contribution in [1.82, 2.24) is 4.57 Å². The fourth-order valence-electron chi connectivity index (χ4n) is 8.65. The second-order valence-corrected chi connectivity index (χ2v) is 23.3. The summed E-state index contributed by atoms with van der Waals surface area (Å²) in [5.74, 6) is -2.37. The van der Waals surface area contributed by atoms with Crippen LogP contribution >= 0.6 is 14.3 Å². The third-order valence-electron chi connectivity index (χ3n) is 11.9. The Morgan fingerprint density at radius 3 is 1.07 bits per heavy atom. The van der Waals surface area contributed by atoms with Crippen molar-refractivity contribution in [3.05, 3.63) is 162 Å². The van der Waals surface area contributed by atoms with Gasteiger partial charge in [-0.3, -0.25) is 0 Å². The lowest BCUT2D eigenvalue weighted by atomic mass is 9.85. The van der Waals surface area contributed by atoms with Gasteiger partial charge in [0.2, 0.25) is 0 Å². The summed E-state index contributed by atoms with van der Waals surface area (Å²) in [5, 5.41) is 1.94. The van der Waals surface area contributed by atoms with Crippen molar-refractivity contribution in [1.29, 1.82) is 0 Å². The molecule has 8 aromatic rings. The second-order valence-electron chi connectivity index (χ2n) is 17.9. The zero-order valence-electron chi connectivity index (χ0n) is 34.1. The van der Waals surface area contributed by atoms with Crippen molar-refractivity contribution in [3.8, 4) is 28.7 Å². The van der Waals surface area contributed by atoms with Crippen molar-refractivity contribution in [2.24, 2.45) is 0 Å². The van der Waals surface area contributed by atoms with Gasteiger partial charge >= 0.3 is 0 Å². The van der Waals surface area contributed by atoms with E-state index in [0.717, 1.165) is 57.2 Å². The normalized spacial score (nSPS) is 15.0. The molecule has 0 bridgehead atoms. The zero-order chi connectivity index (χ0) is 43.0. The first-order valence-corrected chi connectivity index (χ1v) is 23.3. The highest BCUT2D eigenvalue weighted by Crippen LogP contribution is 2.55. The number of rotatable bonds is 3. The molecule has 10 rings (SSSR count). The van der Waals surface area contributed by atoms with Crippen LogP contribution < -0.4 is 41.3 Å². The van der Waals surface area contributed by atoms with E-state index in [1.54, 1.807) is 12.1 Å². The SMILES string of the molecule is CC(C)(C)c1ccc2c(c1)c1cc(C(C)(C)C)ccc1n2-c1cc(P2(=O)c3cc(F)ccc3Oc3ccc(F)cc32)cc(P2(=O)c3cc(F)ccc3Oc3ccc(F)cc32)c1. The summed E-state index contributed by atoms with van der Waals surface area (Å²) in [4.78, 5) is 0. The van der Waals surface area contributed by atoms with Gasteiger partial charge in [-0.25, -0.2) is 17.6 Å². The number of halogens is 4. The molecule has 0 N–H and O–H groups in total.